The number of nitrogens with zero attached hydrogens (tertiary/aromatic N) is 4. The van der Waals surface area contributed by atoms with Gasteiger partial charge >= 0.3 is 0 Å². The van der Waals surface area contributed by atoms with Crippen LogP contribution in [0.2, 0.25) is 0 Å². The van der Waals surface area contributed by atoms with Gasteiger partial charge < -0.3 is 5.32 Å². The second-order valence-electron chi connectivity index (χ2n) is 6.50. The second-order valence-corrected chi connectivity index (χ2v) is 9.30. The molecule has 4 aromatic rings. The molecule has 0 aliphatic rings. The topological polar surface area (TPSA) is 101 Å². The predicted octanol–water partition coefficient (Wildman–Crippen LogP) is 2.63. The number of sulfonamides is 1. The van der Waals surface area contributed by atoms with Crippen LogP contribution in [0.15, 0.2) is 58.8 Å². The second kappa shape index (κ2) is 8.27. The predicted molar refractivity (Wildman–Crippen MR) is 112 cm³/mol. The van der Waals surface area contributed by atoms with Gasteiger partial charge in [0.25, 0.3) is 0 Å². The van der Waals surface area contributed by atoms with Gasteiger partial charge in [-0.3, -0.25) is 0 Å². The van der Waals surface area contributed by atoms with E-state index < -0.39 is 10.0 Å². The van der Waals surface area contributed by atoms with Crippen molar-refractivity contribution in [1.82, 2.24) is 24.5 Å². The van der Waals surface area contributed by atoms with Crippen molar-refractivity contribution in [3.8, 4) is 0 Å². The number of fused-ring (bicyclic) bond motifs is 1. The van der Waals surface area contributed by atoms with Crippen LogP contribution in [0.5, 0.6) is 0 Å². The molecule has 3 heterocycles. The molecule has 0 unspecified atom stereocenters. The molecule has 2 N–H and O–H groups in total. The summed E-state index contributed by atoms with van der Waals surface area (Å²) in [6.45, 7) is 2.74. The van der Waals surface area contributed by atoms with Crippen molar-refractivity contribution in [2.75, 3.05) is 11.9 Å². The van der Waals surface area contributed by atoms with Gasteiger partial charge in [0.15, 0.2) is 11.5 Å². The number of aryl methyl sites for hydroxylation is 1. The third-order valence-corrected chi connectivity index (χ3v) is 6.63. The Bertz CT molecular complexity index is 1220. The number of hydrogen-bond acceptors (Lipinski definition) is 7. The summed E-state index contributed by atoms with van der Waals surface area (Å²) in [5, 5.41) is 18.1. The number of rotatable bonds is 8. The third kappa shape index (κ3) is 4.61. The van der Waals surface area contributed by atoms with Crippen LogP contribution in [0.25, 0.3) is 5.65 Å². The van der Waals surface area contributed by atoms with Crippen molar-refractivity contribution >= 4 is 32.8 Å². The summed E-state index contributed by atoms with van der Waals surface area (Å²) in [6, 6.07) is 14.5. The van der Waals surface area contributed by atoms with E-state index >= 15 is 0 Å². The zero-order chi connectivity index (χ0) is 20.3. The summed E-state index contributed by atoms with van der Waals surface area (Å²) in [4.78, 5) is 1.46. The molecule has 0 spiro atoms. The van der Waals surface area contributed by atoms with E-state index in [1.807, 2.05) is 36.6 Å². The van der Waals surface area contributed by atoms with Gasteiger partial charge in [-0.2, -0.15) is 4.52 Å². The van der Waals surface area contributed by atoms with Crippen LogP contribution < -0.4 is 10.0 Å². The molecule has 0 fully saturated rings. The molecule has 0 saturated carbocycles. The van der Waals surface area contributed by atoms with Gasteiger partial charge in [-0.05, 0) is 48.2 Å². The SMILES string of the molecule is Cc1cccc(S(=O)(=O)NCCc2nnc3ccc(NCc4cccs4)nn23)c1. The minimum absolute atomic E-state index is 0.200. The molecule has 0 atom stereocenters. The van der Waals surface area contributed by atoms with E-state index in [9.17, 15) is 8.42 Å². The summed E-state index contributed by atoms with van der Waals surface area (Å²) in [5.74, 6) is 1.29. The molecular formula is C19H20N6O2S2. The van der Waals surface area contributed by atoms with Gasteiger partial charge in [-0.1, -0.05) is 18.2 Å². The highest BCUT2D eigenvalue weighted by Crippen LogP contribution is 2.13. The highest BCUT2D eigenvalue weighted by molar-refractivity contribution is 7.89. The van der Waals surface area contributed by atoms with Gasteiger partial charge in [0.05, 0.1) is 11.4 Å². The number of hydrogen-bond donors (Lipinski definition) is 2. The Morgan fingerprint density at radius 1 is 1.10 bits per heavy atom. The van der Waals surface area contributed by atoms with Crippen LogP contribution in [0.1, 0.15) is 16.3 Å². The Morgan fingerprint density at radius 3 is 2.79 bits per heavy atom. The first-order chi connectivity index (χ1) is 14.0. The Labute approximate surface area is 172 Å². The smallest absolute Gasteiger partial charge is 0.240 e. The van der Waals surface area contributed by atoms with Gasteiger partial charge in [-0.25, -0.2) is 13.1 Å². The van der Waals surface area contributed by atoms with Crippen LogP contribution in [0.4, 0.5) is 5.82 Å². The van der Waals surface area contributed by atoms with Crippen molar-refractivity contribution in [1.29, 1.82) is 0 Å². The van der Waals surface area contributed by atoms with E-state index in [1.54, 1.807) is 34.1 Å². The molecule has 0 bridgehead atoms. The molecule has 10 heteroatoms. The van der Waals surface area contributed by atoms with E-state index in [2.05, 4.69) is 31.4 Å². The summed E-state index contributed by atoms with van der Waals surface area (Å²) >= 11 is 1.68. The first kappa shape index (κ1) is 19.5. The lowest BCUT2D eigenvalue weighted by molar-refractivity contribution is 0.580. The van der Waals surface area contributed by atoms with Crippen molar-refractivity contribution in [3.63, 3.8) is 0 Å². The van der Waals surface area contributed by atoms with E-state index in [-0.39, 0.29) is 11.4 Å². The average molecular weight is 429 g/mol. The van der Waals surface area contributed by atoms with Gasteiger partial charge in [0, 0.05) is 17.8 Å². The molecule has 0 aliphatic carbocycles. The number of anilines is 1. The summed E-state index contributed by atoms with van der Waals surface area (Å²) in [7, 11) is -3.57. The monoisotopic (exact) mass is 428 g/mol. The molecule has 0 aliphatic heterocycles. The van der Waals surface area contributed by atoms with E-state index in [0.717, 1.165) is 5.56 Å². The molecule has 1 aromatic carbocycles. The Hall–Kier alpha value is -2.82. The van der Waals surface area contributed by atoms with Crippen molar-refractivity contribution in [3.05, 3.63) is 70.2 Å². The van der Waals surface area contributed by atoms with Crippen molar-refractivity contribution in [2.45, 2.75) is 24.8 Å². The molecule has 150 valence electrons. The fourth-order valence-corrected chi connectivity index (χ4v) is 4.62. The average Bonchev–Trinajstić information content (AvgIpc) is 3.36. The lowest BCUT2D eigenvalue weighted by Crippen LogP contribution is -2.26. The first-order valence-electron chi connectivity index (χ1n) is 9.05. The first-order valence-corrected chi connectivity index (χ1v) is 11.4. The van der Waals surface area contributed by atoms with Crippen LogP contribution in [0.3, 0.4) is 0 Å². The zero-order valence-electron chi connectivity index (χ0n) is 15.7. The molecule has 3 aromatic heterocycles. The standard InChI is InChI=1S/C19H20N6O2S2/c1-14-4-2-6-16(12-14)29(26,27)21-10-9-19-23-22-18-8-7-17(24-25(18)19)20-13-15-5-3-11-28-15/h2-8,11-12,21H,9-10,13H2,1H3,(H,20,24). The van der Waals surface area contributed by atoms with E-state index in [0.29, 0.717) is 30.3 Å². The summed E-state index contributed by atoms with van der Waals surface area (Å²) in [6.07, 6.45) is 0.369. The highest BCUT2D eigenvalue weighted by atomic mass is 32.2. The Kier molecular flexibility index (Phi) is 5.56. The van der Waals surface area contributed by atoms with Crippen LogP contribution in [-0.4, -0.2) is 34.8 Å². The minimum atomic E-state index is -3.57. The van der Waals surface area contributed by atoms with Crippen molar-refractivity contribution in [2.24, 2.45) is 0 Å². The molecule has 8 nitrogen and oxygen atoms in total. The Morgan fingerprint density at radius 2 is 2.00 bits per heavy atom. The highest BCUT2D eigenvalue weighted by Gasteiger charge is 2.15. The van der Waals surface area contributed by atoms with Gasteiger partial charge in [0.1, 0.15) is 5.82 Å². The van der Waals surface area contributed by atoms with Gasteiger partial charge in [-0.15, -0.1) is 26.6 Å². The minimum Gasteiger partial charge on any atom is -0.364 e. The fourth-order valence-electron chi connectivity index (χ4n) is 2.84. The summed E-state index contributed by atoms with van der Waals surface area (Å²) < 4.78 is 29.1. The van der Waals surface area contributed by atoms with Crippen LogP contribution in [0, 0.1) is 6.92 Å². The molecular weight excluding hydrogens is 408 g/mol. The lowest BCUT2D eigenvalue weighted by atomic mass is 10.2. The normalized spacial score (nSPS) is 11.8. The number of thiophene rings is 1. The molecule has 4 rings (SSSR count). The number of aromatic nitrogens is 4. The zero-order valence-corrected chi connectivity index (χ0v) is 17.4. The molecule has 0 saturated heterocycles. The lowest BCUT2D eigenvalue weighted by Gasteiger charge is -2.07. The number of nitrogens with one attached hydrogen (secondary N) is 2. The molecule has 29 heavy (non-hydrogen) atoms. The van der Waals surface area contributed by atoms with E-state index in [4.69, 9.17) is 0 Å². The quantitative estimate of drug-likeness (QED) is 0.447. The largest absolute Gasteiger partial charge is 0.364 e. The maximum absolute atomic E-state index is 12.4. The van der Waals surface area contributed by atoms with Crippen LogP contribution in [-0.2, 0) is 23.0 Å². The van der Waals surface area contributed by atoms with Crippen LogP contribution >= 0.6 is 11.3 Å². The number of benzene rings is 1. The fraction of sp³-hybridized carbons (Fsp3) is 0.211. The molecule has 0 radical (unpaired) electrons. The Balaban J connectivity index is 1.43. The van der Waals surface area contributed by atoms with E-state index in [1.165, 1.54) is 4.88 Å². The maximum atomic E-state index is 12.4. The third-order valence-electron chi connectivity index (χ3n) is 4.29. The molecule has 0 amide bonds. The van der Waals surface area contributed by atoms with Gasteiger partial charge in [0.2, 0.25) is 10.0 Å². The summed E-state index contributed by atoms with van der Waals surface area (Å²) in [5.41, 5.74) is 1.51. The van der Waals surface area contributed by atoms with Crippen molar-refractivity contribution < 1.29 is 8.42 Å². The maximum Gasteiger partial charge on any atom is 0.240 e.